The summed E-state index contributed by atoms with van der Waals surface area (Å²) in [5.41, 5.74) is 3.41. The van der Waals surface area contributed by atoms with Gasteiger partial charge in [-0.05, 0) is 19.8 Å². The van der Waals surface area contributed by atoms with Crippen LogP contribution in [0.4, 0.5) is 0 Å². The van der Waals surface area contributed by atoms with Crippen molar-refractivity contribution in [3.63, 3.8) is 0 Å². The molecule has 2 heterocycles. The molecule has 1 saturated heterocycles. The predicted octanol–water partition coefficient (Wildman–Crippen LogP) is 0.788. The van der Waals surface area contributed by atoms with Crippen molar-refractivity contribution >= 4 is 0 Å². The fourth-order valence-electron chi connectivity index (χ4n) is 1.92. The van der Waals surface area contributed by atoms with E-state index in [2.05, 4.69) is 27.4 Å². The van der Waals surface area contributed by atoms with Crippen LogP contribution in [0.2, 0.25) is 0 Å². The molecule has 1 fully saturated rings. The molecule has 5 nitrogen and oxygen atoms in total. The Morgan fingerprint density at radius 3 is 2.87 bits per heavy atom. The molecule has 1 N–H and O–H groups in total. The molecule has 0 bridgehead atoms. The van der Waals surface area contributed by atoms with Crippen LogP contribution >= 0.6 is 0 Å². The Kier molecular flexibility index (Phi) is 3.69. The molecule has 1 aromatic heterocycles. The van der Waals surface area contributed by atoms with Gasteiger partial charge in [0.1, 0.15) is 12.2 Å². The van der Waals surface area contributed by atoms with Gasteiger partial charge in [-0.1, -0.05) is 6.42 Å². The minimum absolute atomic E-state index is 0.786. The molecule has 0 amide bonds. The maximum atomic E-state index is 4.23. The third-order valence-corrected chi connectivity index (χ3v) is 2.81. The number of aromatic nitrogens is 3. The monoisotopic (exact) mass is 209 g/mol. The number of rotatable bonds is 4. The van der Waals surface area contributed by atoms with Crippen molar-refractivity contribution in [2.75, 3.05) is 13.1 Å². The van der Waals surface area contributed by atoms with Crippen LogP contribution in [0.1, 0.15) is 32.0 Å². The third kappa shape index (κ3) is 2.76. The van der Waals surface area contributed by atoms with Gasteiger partial charge in [0, 0.05) is 19.6 Å². The molecule has 0 saturated carbocycles. The van der Waals surface area contributed by atoms with E-state index in [1.165, 1.54) is 19.3 Å². The molecule has 2 rings (SSSR count). The molecule has 15 heavy (non-hydrogen) atoms. The van der Waals surface area contributed by atoms with E-state index in [0.29, 0.717) is 0 Å². The lowest BCUT2D eigenvalue weighted by Crippen LogP contribution is -2.41. The van der Waals surface area contributed by atoms with E-state index in [1.54, 1.807) is 6.33 Å². The molecule has 1 aliphatic heterocycles. The van der Waals surface area contributed by atoms with Gasteiger partial charge in [-0.3, -0.25) is 0 Å². The standard InChI is InChI=1S/C10H19N5/c1-2-15-10(11-9-13-15)8-12-14-6-4-3-5-7-14/h9,12H,2-8H2,1H3. The fourth-order valence-corrected chi connectivity index (χ4v) is 1.92. The first-order valence-electron chi connectivity index (χ1n) is 5.75. The summed E-state index contributed by atoms with van der Waals surface area (Å²) >= 11 is 0. The molecule has 0 unspecified atom stereocenters. The van der Waals surface area contributed by atoms with Crippen molar-refractivity contribution in [1.82, 2.24) is 25.2 Å². The molecule has 0 spiro atoms. The zero-order valence-corrected chi connectivity index (χ0v) is 9.32. The molecule has 0 aromatic carbocycles. The molecular weight excluding hydrogens is 190 g/mol. The van der Waals surface area contributed by atoms with Crippen molar-refractivity contribution in [3.05, 3.63) is 12.2 Å². The lowest BCUT2D eigenvalue weighted by atomic mass is 10.2. The summed E-state index contributed by atoms with van der Waals surface area (Å²) < 4.78 is 1.93. The Bertz CT molecular complexity index is 290. The molecular formula is C10H19N5. The van der Waals surface area contributed by atoms with E-state index >= 15 is 0 Å². The lowest BCUT2D eigenvalue weighted by Gasteiger charge is -2.26. The number of piperidine rings is 1. The van der Waals surface area contributed by atoms with Crippen LogP contribution in [0.25, 0.3) is 0 Å². The first-order valence-corrected chi connectivity index (χ1v) is 5.75. The Hall–Kier alpha value is -0.940. The second kappa shape index (κ2) is 5.23. The van der Waals surface area contributed by atoms with Gasteiger partial charge < -0.3 is 0 Å². The summed E-state index contributed by atoms with van der Waals surface area (Å²) in [5, 5.41) is 6.44. The Balaban J connectivity index is 1.81. The van der Waals surface area contributed by atoms with E-state index in [4.69, 9.17) is 0 Å². The summed E-state index contributed by atoms with van der Waals surface area (Å²) in [6.45, 7) is 6.06. The smallest absolute Gasteiger partial charge is 0.142 e. The highest BCUT2D eigenvalue weighted by atomic mass is 15.5. The normalized spacial score (nSPS) is 18.2. The first kappa shape index (κ1) is 10.6. The van der Waals surface area contributed by atoms with Gasteiger partial charge in [-0.15, -0.1) is 0 Å². The predicted molar refractivity (Wildman–Crippen MR) is 58.0 cm³/mol. The van der Waals surface area contributed by atoms with Crippen LogP contribution in [0, 0.1) is 0 Å². The zero-order valence-electron chi connectivity index (χ0n) is 9.32. The minimum Gasteiger partial charge on any atom is -0.249 e. The highest BCUT2D eigenvalue weighted by Gasteiger charge is 2.10. The number of hydrazine groups is 1. The summed E-state index contributed by atoms with van der Waals surface area (Å²) in [4.78, 5) is 4.23. The molecule has 0 aliphatic carbocycles. The van der Waals surface area contributed by atoms with Crippen LogP contribution in [0.5, 0.6) is 0 Å². The highest BCUT2D eigenvalue weighted by molar-refractivity contribution is 4.83. The quantitative estimate of drug-likeness (QED) is 0.796. The maximum Gasteiger partial charge on any atom is 0.142 e. The summed E-state index contributed by atoms with van der Waals surface area (Å²) in [6, 6.07) is 0. The molecule has 0 atom stereocenters. The average molecular weight is 209 g/mol. The van der Waals surface area contributed by atoms with Crippen LogP contribution in [0.3, 0.4) is 0 Å². The topological polar surface area (TPSA) is 46.0 Å². The first-order chi connectivity index (χ1) is 7.40. The highest BCUT2D eigenvalue weighted by Crippen LogP contribution is 2.06. The van der Waals surface area contributed by atoms with Crippen molar-refractivity contribution in [3.8, 4) is 0 Å². The van der Waals surface area contributed by atoms with Crippen molar-refractivity contribution < 1.29 is 0 Å². The van der Waals surface area contributed by atoms with Gasteiger partial charge in [0.05, 0.1) is 6.54 Å². The summed E-state index contributed by atoms with van der Waals surface area (Å²) in [5.74, 6) is 1.02. The van der Waals surface area contributed by atoms with Crippen LogP contribution in [-0.2, 0) is 13.1 Å². The van der Waals surface area contributed by atoms with Gasteiger partial charge in [-0.25, -0.2) is 20.1 Å². The Morgan fingerprint density at radius 2 is 2.13 bits per heavy atom. The summed E-state index contributed by atoms with van der Waals surface area (Å²) in [6.07, 6.45) is 5.58. The zero-order chi connectivity index (χ0) is 10.5. The van der Waals surface area contributed by atoms with E-state index in [0.717, 1.165) is 32.0 Å². The number of hydrogen-bond acceptors (Lipinski definition) is 4. The van der Waals surface area contributed by atoms with Gasteiger partial charge >= 0.3 is 0 Å². The lowest BCUT2D eigenvalue weighted by molar-refractivity contribution is 0.148. The second-order valence-electron chi connectivity index (χ2n) is 3.87. The van der Waals surface area contributed by atoms with Gasteiger partial charge in [0.15, 0.2) is 0 Å². The molecule has 1 aliphatic rings. The minimum atomic E-state index is 0.786. The van der Waals surface area contributed by atoms with Gasteiger partial charge in [0.2, 0.25) is 0 Å². The largest absolute Gasteiger partial charge is 0.249 e. The SMILES string of the molecule is CCn1ncnc1CNN1CCCCC1. The van der Waals surface area contributed by atoms with E-state index in [-0.39, 0.29) is 0 Å². The van der Waals surface area contributed by atoms with E-state index in [9.17, 15) is 0 Å². The number of nitrogens with zero attached hydrogens (tertiary/aromatic N) is 4. The number of nitrogens with one attached hydrogen (secondary N) is 1. The van der Waals surface area contributed by atoms with Crippen LogP contribution in [-0.4, -0.2) is 32.9 Å². The van der Waals surface area contributed by atoms with Crippen LogP contribution < -0.4 is 5.43 Å². The summed E-state index contributed by atoms with van der Waals surface area (Å²) in [7, 11) is 0. The van der Waals surface area contributed by atoms with Gasteiger partial charge in [0.25, 0.3) is 0 Å². The average Bonchev–Trinajstić information content (AvgIpc) is 2.75. The molecule has 0 radical (unpaired) electrons. The molecule has 5 heteroatoms. The maximum absolute atomic E-state index is 4.23. The molecule has 84 valence electrons. The van der Waals surface area contributed by atoms with Crippen molar-refractivity contribution in [2.45, 2.75) is 39.3 Å². The number of hydrogen-bond donors (Lipinski definition) is 1. The van der Waals surface area contributed by atoms with Gasteiger partial charge in [-0.2, -0.15) is 5.10 Å². The Labute approximate surface area is 90.5 Å². The third-order valence-electron chi connectivity index (χ3n) is 2.81. The van der Waals surface area contributed by atoms with Crippen molar-refractivity contribution in [2.24, 2.45) is 0 Å². The number of aryl methyl sites for hydroxylation is 1. The Morgan fingerprint density at radius 1 is 1.33 bits per heavy atom. The van der Waals surface area contributed by atoms with E-state index in [1.807, 2.05) is 4.68 Å². The fraction of sp³-hybridized carbons (Fsp3) is 0.800. The van der Waals surface area contributed by atoms with Crippen molar-refractivity contribution in [1.29, 1.82) is 0 Å². The van der Waals surface area contributed by atoms with Crippen LogP contribution in [0.15, 0.2) is 6.33 Å². The molecule has 1 aromatic rings. The van der Waals surface area contributed by atoms with E-state index < -0.39 is 0 Å². The second-order valence-corrected chi connectivity index (χ2v) is 3.87.